The minimum Gasteiger partial charge on any atom is -0.458 e. The Labute approximate surface area is 533 Å². The first-order chi connectivity index (χ1) is 44.2. The number of anilines is 3. The van der Waals surface area contributed by atoms with E-state index in [1.165, 1.54) is 13.8 Å². The number of nitrogens with zero attached hydrogens (tertiary/aromatic N) is 12. The zero-order valence-corrected chi connectivity index (χ0v) is 52.3. The second kappa shape index (κ2) is 36.7. The summed E-state index contributed by atoms with van der Waals surface area (Å²) >= 11 is 0. The number of ether oxygens (including phenoxy) is 3. The maximum Gasteiger partial charge on any atom is 0.306 e. The minimum atomic E-state index is -0.312. The summed E-state index contributed by atoms with van der Waals surface area (Å²) in [4.78, 5) is 98.7. The smallest absolute Gasteiger partial charge is 0.306 e. The van der Waals surface area contributed by atoms with E-state index in [9.17, 15) is 28.8 Å². The van der Waals surface area contributed by atoms with Gasteiger partial charge in [-0.05, 0) is 130 Å². The standard InChI is InChI=1S/C24H28N4O3.2C23H26N4O3/c1-2-22(29)18-31-24(30)7-4-10-27-11-13-28(14-12-27)23-9-8-21(17-26-23)20-6-3-5-19(15-20)16-25;1-18(28)17-30-23(29)4-3-11-26-12-14-27(15-13-26)22-10-7-20(16-25-22)19-5-8-21(24-2)9-6-19;1-18(28)17-30-23(29)6-3-9-26-10-12-27(13-11-26)22-8-7-21(16-25-22)20-5-2-4-19(14-20)15-24/h3,5-6,8-9,15,17H,2,4,7,10-14,18H2,1H3;5-10,16H,3-4,11-15,17H2,1H3;2,4-5,7-8,14,16H,3,6,9-13,17H2,1H3. The molecule has 0 unspecified atom stereocenters. The van der Waals surface area contributed by atoms with Crippen molar-refractivity contribution in [2.75, 3.05) is 133 Å². The molecule has 0 aliphatic carbocycles. The van der Waals surface area contributed by atoms with Crippen LogP contribution in [0.3, 0.4) is 0 Å². The number of aromatic nitrogens is 3. The third-order valence-corrected chi connectivity index (χ3v) is 15.5. The van der Waals surface area contributed by atoms with Crippen LogP contribution in [0.5, 0.6) is 0 Å². The van der Waals surface area contributed by atoms with Gasteiger partial charge in [0.25, 0.3) is 0 Å². The molecule has 0 N–H and O–H groups in total. The number of rotatable bonds is 25. The van der Waals surface area contributed by atoms with Crippen LogP contribution in [0.15, 0.2) is 128 Å². The number of nitriles is 2. The molecule has 0 radical (unpaired) electrons. The zero-order valence-electron chi connectivity index (χ0n) is 52.3. The van der Waals surface area contributed by atoms with Gasteiger partial charge in [0.15, 0.2) is 23.0 Å². The second-order valence-corrected chi connectivity index (χ2v) is 22.3. The predicted octanol–water partition coefficient (Wildman–Crippen LogP) is 9.03. The highest BCUT2D eigenvalue weighted by Gasteiger charge is 2.22. The summed E-state index contributed by atoms with van der Waals surface area (Å²) in [5.74, 6) is 1.60. The number of piperazine rings is 3. The maximum atomic E-state index is 11.7. The van der Waals surface area contributed by atoms with Crippen molar-refractivity contribution in [2.24, 2.45) is 0 Å². The van der Waals surface area contributed by atoms with E-state index in [0.717, 1.165) is 168 Å². The van der Waals surface area contributed by atoms with Gasteiger partial charge in [0.1, 0.15) is 37.3 Å². The molecular weight excluding hydrogens is 1150 g/mol. The van der Waals surface area contributed by atoms with E-state index in [2.05, 4.69) is 67.4 Å². The van der Waals surface area contributed by atoms with E-state index in [0.29, 0.717) is 42.5 Å². The molecule has 21 nitrogen and oxygen atoms in total. The van der Waals surface area contributed by atoms with Gasteiger partial charge in [-0.15, -0.1) is 0 Å². The first-order valence-corrected chi connectivity index (χ1v) is 31.0. The summed E-state index contributed by atoms with van der Waals surface area (Å²) in [7, 11) is 0. The van der Waals surface area contributed by atoms with Crippen LogP contribution in [-0.4, -0.2) is 183 Å². The fourth-order valence-corrected chi connectivity index (χ4v) is 10.3. The molecule has 0 saturated carbocycles. The van der Waals surface area contributed by atoms with Crippen molar-refractivity contribution in [3.8, 4) is 45.5 Å². The topological polar surface area (TPSA) is 240 Å². The van der Waals surface area contributed by atoms with Gasteiger partial charge in [0.05, 0.1) is 29.8 Å². The number of carbonyl (C=O) groups excluding carboxylic acids is 6. The first-order valence-electron chi connectivity index (χ1n) is 31.0. The molecule has 91 heavy (non-hydrogen) atoms. The number of hydrogen-bond acceptors (Lipinski definition) is 20. The average molecular weight is 1230 g/mol. The Balaban J connectivity index is 0.000000194. The highest BCUT2D eigenvalue weighted by atomic mass is 16.5. The Bertz CT molecular complexity index is 3470. The van der Waals surface area contributed by atoms with Crippen LogP contribution in [0.25, 0.3) is 38.2 Å². The molecule has 3 aliphatic heterocycles. The number of esters is 3. The summed E-state index contributed by atoms with van der Waals surface area (Å²) in [5.41, 5.74) is 7.95. The Kier molecular flexibility index (Phi) is 27.7. The molecule has 3 fully saturated rings. The molecule has 0 atom stereocenters. The second-order valence-electron chi connectivity index (χ2n) is 22.3. The van der Waals surface area contributed by atoms with E-state index in [1.54, 1.807) is 19.1 Å². The third kappa shape index (κ3) is 23.3. The largest absolute Gasteiger partial charge is 0.458 e. The number of Topliss-reactive ketones (excluding diaryl/α,β-unsaturated/α-hetero) is 3. The van der Waals surface area contributed by atoms with Crippen LogP contribution in [0.4, 0.5) is 23.1 Å². The highest BCUT2D eigenvalue weighted by molar-refractivity contribution is 5.82. The van der Waals surface area contributed by atoms with Crippen molar-refractivity contribution in [1.29, 1.82) is 10.5 Å². The molecule has 0 amide bonds. The summed E-state index contributed by atoms with van der Waals surface area (Å²) < 4.78 is 14.7. The van der Waals surface area contributed by atoms with Gasteiger partial charge >= 0.3 is 17.9 Å². The first kappa shape index (κ1) is 68.8. The Morgan fingerprint density at radius 1 is 0.462 bits per heavy atom. The molecular formula is C70H80N12O9. The van der Waals surface area contributed by atoms with Crippen molar-refractivity contribution >= 4 is 58.4 Å². The Morgan fingerprint density at radius 2 is 0.802 bits per heavy atom. The lowest BCUT2D eigenvalue weighted by molar-refractivity contribution is -0.148. The summed E-state index contributed by atoms with van der Waals surface area (Å²) in [6.45, 7) is 24.5. The van der Waals surface area contributed by atoms with E-state index in [4.69, 9.17) is 31.3 Å². The molecule has 21 heteroatoms. The van der Waals surface area contributed by atoms with Crippen LogP contribution in [0, 0.1) is 29.2 Å². The highest BCUT2D eigenvalue weighted by Crippen LogP contribution is 2.27. The molecule has 3 saturated heterocycles. The molecule has 474 valence electrons. The number of carbonyl (C=O) groups is 6. The van der Waals surface area contributed by atoms with Crippen LogP contribution < -0.4 is 14.7 Å². The predicted molar refractivity (Wildman–Crippen MR) is 348 cm³/mol. The lowest BCUT2D eigenvalue weighted by Gasteiger charge is -2.35. The number of hydrogen-bond donors (Lipinski definition) is 0. The molecule has 6 aromatic rings. The van der Waals surface area contributed by atoms with Gasteiger partial charge in [0, 0.05) is 140 Å². The van der Waals surface area contributed by atoms with Crippen LogP contribution >= 0.6 is 0 Å². The third-order valence-electron chi connectivity index (χ3n) is 15.5. The van der Waals surface area contributed by atoms with Gasteiger partial charge < -0.3 is 28.9 Å². The van der Waals surface area contributed by atoms with Crippen molar-refractivity contribution in [3.63, 3.8) is 0 Å². The summed E-state index contributed by atoms with van der Waals surface area (Å²) in [6.07, 6.45) is 9.18. The normalized spacial score (nSPS) is 14.2. The maximum absolute atomic E-state index is 11.7. The van der Waals surface area contributed by atoms with Gasteiger partial charge in [-0.25, -0.2) is 19.8 Å². The molecule has 0 bridgehead atoms. The zero-order chi connectivity index (χ0) is 64.7. The average Bonchev–Trinajstić information content (AvgIpc) is 3.74. The fraction of sp³-hybridized carbons (Fsp3) is 0.400. The molecule has 3 aliphatic rings. The Morgan fingerprint density at radius 3 is 1.11 bits per heavy atom. The SMILES string of the molecule is CC(=O)COC(=O)CCCN1CCN(c2ccc(-c3cccc(C#N)c3)cn2)CC1.CCC(=O)COC(=O)CCCN1CCN(c2ccc(-c3cccc(C#N)c3)cn2)CC1.[C-]#[N+]c1ccc(-c2ccc(N3CCN(CCCC(=O)OCC(C)=O)CC3)nc2)cc1. The molecule has 3 aromatic heterocycles. The van der Waals surface area contributed by atoms with Crippen LogP contribution in [-0.2, 0) is 43.0 Å². The Hall–Kier alpha value is -9.72. The molecule has 9 rings (SSSR count). The minimum absolute atomic E-state index is 0.0539. The fourth-order valence-electron chi connectivity index (χ4n) is 10.3. The van der Waals surface area contributed by atoms with E-state index in [1.807, 2.05) is 110 Å². The molecule has 3 aromatic carbocycles. The van der Waals surface area contributed by atoms with Gasteiger partial charge in [0.2, 0.25) is 0 Å². The quantitative estimate of drug-likeness (QED) is 0.0295. The summed E-state index contributed by atoms with van der Waals surface area (Å²) in [6, 6.07) is 39.1. The van der Waals surface area contributed by atoms with E-state index < -0.39 is 0 Å². The number of ketones is 3. The van der Waals surface area contributed by atoms with Crippen molar-refractivity contribution in [2.45, 2.75) is 65.7 Å². The van der Waals surface area contributed by atoms with E-state index in [-0.39, 0.29) is 55.1 Å². The number of pyridine rings is 3. The van der Waals surface area contributed by atoms with Crippen molar-refractivity contribution < 1.29 is 43.0 Å². The lowest BCUT2D eigenvalue weighted by Crippen LogP contribution is -2.47. The van der Waals surface area contributed by atoms with Crippen molar-refractivity contribution in [3.05, 3.63) is 150 Å². The monoisotopic (exact) mass is 1230 g/mol. The number of benzene rings is 3. The van der Waals surface area contributed by atoms with Crippen LogP contribution in [0.2, 0.25) is 0 Å². The van der Waals surface area contributed by atoms with Crippen molar-refractivity contribution in [1.82, 2.24) is 29.7 Å². The molecule has 0 spiro atoms. The molecule has 6 heterocycles. The van der Waals surface area contributed by atoms with Gasteiger partial charge in [-0.1, -0.05) is 55.5 Å². The van der Waals surface area contributed by atoms with Gasteiger partial charge in [-0.3, -0.25) is 43.5 Å². The lowest BCUT2D eigenvalue weighted by atomic mass is 10.1. The van der Waals surface area contributed by atoms with E-state index >= 15 is 0 Å². The van der Waals surface area contributed by atoms with Gasteiger partial charge in [-0.2, -0.15) is 10.5 Å². The van der Waals surface area contributed by atoms with Crippen LogP contribution in [0.1, 0.15) is 76.8 Å². The summed E-state index contributed by atoms with van der Waals surface area (Å²) in [5, 5.41) is 18.1.